The zero-order valence-corrected chi connectivity index (χ0v) is 10.1. The molecule has 1 rings (SSSR count). The Balaban J connectivity index is 2.75. The van der Waals surface area contributed by atoms with Crippen molar-refractivity contribution in [3.63, 3.8) is 0 Å². The van der Waals surface area contributed by atoms with E-state index < -0.39 is 4.92 Å². The average Bonchev–Trinajstić information content (AvgIpc) is 2.17. The minimum atomic E-state index is -0.459. The molecule has 6 heteroatoms. The SMILES string of the molecule is O=[N+]([O-])c1cc(Br)cc(OCCCCl)c1. The topological polar surface area (TPSA) is 52.4 Å². The summed E-state index contributed by atoms with van der Waals surface area (Å²) in [4.78, 5) is 10.1. The summed E-state index contributed by atoms with van der Waals surface area (Å²) in [5.74, 6) is 0.983. The van der Waals surface area contributed by atoms with Gasteiger partial charge in [0.25, 0.3) is 5.69 Å². The summed E-state index contributed by atoms with van der Waals surface area (Å²) < 4.78 is 5.92. The molecule has 0 bridgehead atoms. The van der Waals surface area contributed by atoms with Crippen LogP contribution in [-0.2, 0) is 0 Å². The van der Waals surface area contributed by atoms with Crippen LogP contribution >= 0.6 is 27.5 Å². The number of halogens is 2. The fourth-order valence-corrected chi connectivity index (χ4v) is 1.55. The molecule has 0 heterocycles. The summed E-state index contributed by atoms with van der Waals surface area (Å²) in [6, 6.07) is 4.49. The van der Waals surface area contributed by atoms with E-state index >= 15 is 0 Å². The molecule has 0 saturated heterocycles. The molecule has 0 saturated carbocycles. The molecule has 1 aromatic rings. The van der Waals surface area contributed by atoms with Gasteiger partial charge in [-0.15, -0.1) is 11.6 Å². The van der Waals surface area contributed by atoms with Crippen molar-refractivity contribution in [3.8, 4) is 5.75 Å². The Morgan fingerprint density at radius 3 is 2.80 bits per heavy atom. The summed E-state index contributed by atoms with van der Waals surface area (Å²) >= 11 is 8.66. The van der Waals surface area contributed by atoms with Crippen LogP contribution in [0.4, 0.5) is 5.69 Å². The lowest BCUT2D eigenvalue weighted by molar-refractivity contribution is -0.385. The van der Waals surface area contributed by atoms with Crippen molar-refractivity contribution in [1.82, 2.24) is 0 Å². The Morgan fingerprint density at radius 1 is 1.47 bits per heavy atom. The molecule has 0 aromatic heterocycles. The minimum Gasteiger partial charge on any atom is -0.493 e. The van der Waals surface area contributed by atoms with Gasteiger partial charge in [0, 0.05) is 16.4 Å². The molecule has 82 valence electrons. The Morgan fingerprint density at radius 2 is 2.20 bits per heavy atom. The first-order valence-electron chi connectivity index (χ1n) is 4.27. The number of nitro benzene ring substituents is 1. The van der Waals surface area contributed by atoms with E-state index in [0.717, 1.165) is 0 Å². The van der Waals surface area contributed by atoms with Crippen LogP contribution in [0.3, 0.4) is 0 Å². The van der Waals surface area contributed by atoms with Crippen LogP contribution in [0.1, 0.15) is 6.42 Å². The fourth-order valence-electron chi connectivity index (χ4n) is 0.981. The normalized spacial score (nSPS) is 10.0. The van der Waals surface area contributed by atoms with Crippen molar-refractivity contribution in [1.29, 1.82) is 0 Å². The van der Waals surface area contributed by atoms with Gasteiger partial charge in [0.15, 0.2) is 0 Å². The number of rotatable bonds is 5. The second-order valence-electron chi connectivity index (χ2n) is 2.79. The molecule has 0 radical (unpaired) electrons. The fraction of sp³-hybridized carbons (Fsp3) is 0.333. The van der Waals surface area contributed by atoms with E-state index in [2.05, 4.69) is 15.9 Å². The van der Waals surface area contributed by atoms with Gasteiger partial charge in [-0.1, -0.05) is 15.9 Å². The van der Waals surface area contributed by atoms with Crippen LogP contribution in [-0.4, -0.2) is 17.4 Å². The predicted molar refractivity (Wildman–Crippen MR) is 61.6 cm³/mol. The standard InChI is InChI=1S/C9H9BrClNO3/c10-7-4-8(12(13)14)6-9(5-7)15-3-1-2-11/h4-6H,1-3H2. The molecule has 0 N–H and O–H groups in total. The number of non-ortho nitro benzene ring substituents is 1. The van der Waals surface area contributed by atoms with Crippen LogP contribution in [0.2, 0.25) is 0 Å². The van der Waals surface area contributed by atoms with Crippen molar-refractivity contribution in [2.75, 3.05) is 12.5 Å². The highest BCUT2D eigenvalue weighted by atomic mass is 79.9. The van der Waals surface area contributed by atoms with Crippen LogP contribution in [0, 0.1) is 10.1 Å². The van der Waals surface area contributed by atoms with E-state index in [9.17, 15) is 10.1 Å². The first kappa shape index (κ1) is 12.3. The zero-order chi connectivity index (χ0) is 11.3. The van der Waals surface area contributed by atoms with Crippen molar-refractivity contribution in [2.45, 2.75) is 6.42 Å². The predicted octanol–water partition coefficient (Wildman–Crippen LogP) is 3.37. The lowest BCUT2D eigenvalue weighted by Gasteiger charge is -2.05. The highest BCUT2D eigenvalue weighted by Crippen LogP contribution is 2.26. The molecule has 0 atom stereocenters. The Bertz CT molecular complexity index is 359. The van der Waals surface area contributed by atoms with Gasteiger partial charge >= 0.3 is 0 Å². The van der Waals surface area contributed by atoms with Crippen LogP contribution in [0.15, 0.2) is 22.7 Å². The summed E-state index contributed by atoms with van der Waals surface area (Å²) in [5.41, 5.74) is 0.00486. The Hall–Kier alpha value is -0.810. The molecule has 0 aliphatic rings. The zero-order valence-electron chi connectivity index (χ0n) is 7.78. The second-order valence-corrected chi connectivity index (χ2v) is 4.09. The monoisotopic (exact) mass is 293 g/mol. The molecular formula is C9H9BrClNO3. The molecule has 0 unspecified atom stereocenters. The Labute approximate surface area is 100 Å². The van der Waals surface area contributed by atoms with Gasteiger partial charge in [0.2, 0.25) is 0 Å². The van der Waals surface area contributed by atoms with Crippen molar-refractivity contribution in [3.05, 3.63) is 32.8 Å². The van der Waals surface area contributed by atoms with Gasteiger partial charge < -0.3 is 4.74 Å². The highest BCUT2D eigenvalue weighted by molar-refractivity contribution is 9.10. The third-order valence-electron chi connectivity index (χ3n) is 1.61. The number of benzene rings is 1. The van der Waals surface area contributed by atoms with Gasteiger partial charge in [-0.3, -0.25) is 10.1 Å². The van der Waals surface area contributed by atoms with Gasteiger partial charge in [-0.05, 0) is 12.5 Å². The molecular weight excluding hydrogens is 285 g/mol. The molecule has 4 nitrogen and oxygen atoms in total. The Kier molecular flexibility index (Phi) is 4.84. The number of nitrogens with zero attached hydrogens (tertiary/aromatic N) is 1. The van der Waals surface area contributed by atoms with Gasteiger partial charge in [-0.25, -0.2) is 0 Å². The van der Waals surface area contributed by atoms with Crippen LogP contribution in [0.5, 0.6) is 5.75 Å². The number of hydrogen-bond acceptors (Lipinski definition) is 3. The van der Waals surface area contributed by atoms with Crippen molar-refractivity contribution in [2.24, 2.45) is 0 Å². The third-order valence-corrected chi connectivity index (χ3v) is 2.34. The largest absolute Gasteiger partial charge is 0.493 e. The van der Waals surface area contributed by atoms with E-state index in [0.29, 0.717) is 29.1 Å². The van der Waals surface area contributed by atoms with E-state index in [1.165, 1.54) is 12.1 Å². The maximum absolute atomic E-state index is 10.5. The molecule has 1 aromatic carbocycles. The third kappa shape index (κ3) is 4.05. The van der Waals surface area contributed by atoms with E-state index in [1.807, 2.05) is 0 Å². The van der Waals surface area contributed by atoms with Gasteiger partial charge in [0.05, 0.1) is 17.6 Å². The molecule has 0 spiro atoms. The first-order valence-corrected chi connectivity index (χ1v) is 5.60. The summed E-state index contributed by atoms with van der Waals surface area (Å²) in [7, 11) is 0. The lowest BCUT2D eigenvalue weighted by Crippen LogP contribution is -1.98. The van der Waals surface area contributed by atoms with Crippen LogP contribution < -0.4 is 4.74 Å². The highest BCUT2D eigenvalue weighted by Gasteiger charge is 2.09. The van der Waals surface area contributed by atoms with E-state index in [4.69, 9.17) is 16.3 Å². The van der Waals surface area contributed by atoms with Gasteiger partial charge in [-0.2, -0.15) is 0 Å². The number of nitro groups is 1. The summed E-state index contributed by atoms with van der Waals surface area (Å²) in [5, 5.41) is 10.5. The van der Waals surface area contributed by atoms with E-state index in [1.54, 1.807) is 6.07 Å². The number of hydrogen-bond donors (Lipinski definition) is 0. The summed E-state index contributed by atoms with van der Waals surface area (Å²) in [6.07, 6.45) is 0.710. The molecule has 0 fully saturated rings. The molecule has 0 aliphatic carbocycles. The number of alkyl halides is 1. The smallest absolute Gasteiger partial charge is 0.274 e. The second kappa shape index (κ2) is 5.92. The van der Waals surface area contributed by atoms with Crippen molar-refractivity contribution < 1.29 is 9.66 Å². The molecule has 0 amide bonds. The van der Waals surface area contributed by atoms with Crippen LogP contribution in [0.25, 0.3) is 0 Å². The lowest BCUT2D eigenvalue weighted by atomic mass is 10.3. The maximum atomic E-state index is 10.5. The van der Waals surface area contributed by atoms with Crippen molar-refractivity contribution >= 4 is 33.2 Å². The quantitative estimate of drug-likeness (QED) is 0.362. The molecule has 0 aliphatic heterocycles. The van der Waals surface area contributed by atoms with Gasteiger partial charge in [0.1, 0.15) is 5.75 Å². The number of ether oxygens (including phenoxy) is 1. The molecule has 15 heavy (non-hydrogen) atoms. The average molecular weight is 295 g/mol. The first-order chi connectivity index (χ1) is 7.13. The minimum absolute atomic E-state index is 0.00486. The summed E-state index contributed by atoms with van der Waals surface area (Å²) in [6.45, 7) is 0.455. The van der Waals surface area contributed by atoms with E-state index in [-0.39, 0.29) is 5.69 Å². The maximum Gasteiger partial charge on any atom is 0.274 e.